The van der Waals surface area contributed by atoms with Crippen LogP contribution in [0.25, 0.3) is 0 Å². The largest absolute Gasteiger partial charge is 0.490 e. The number of hydrogen-bond donors (Lipinski definition) is 1. The third kappa shape index (κ3) is 3.49. The van der Waals surface area contributed by atoms with Gasteiger partial charge in [-0.1, -0.05) is 0 Å². The molecule has 0 amide bonds. The molecule has 0 radical (unpaired) electrons. The number of benzene rings is 1. The number of hydrogen-bond acceptors (Lipinski definition) is 5. The molecule has 1 fully saturated rings. The molecule has 1 aliphatic rings. The summed E-state index contributed by atoms with van der Waals surface area (Å²) >= 11 is 0. The van der Waals surface area contributed by atoms with Gasteiger partial charge in [0.1, 0.15) is 6.10 Å². The molecule has 1 aromatic carbocycles. The predicted molar refractivity (Wildman–Crippen MR) is 75.7 cm³/mol. The Morgan fingerprint density at radius 2 is 2.05 bits per heavy atom. The number of carbonyl (C=O) groups is 1. The number of rotatable bonds is 6. The molecule has 0 spiro atoms. The summed E-state index contributed by atoms with van der Waals surface area (Å²) in [7, 11) is 0. The van der Waals surface area contributed by atoms with Crippen LogP contribution in [0.2, 0.25) is 0 Å². The zero-order valence-electron chi connectivity index (χ0n) is 12.0. The molecule has 0 bridgehead atoms. The molecule has 5 heteroatoms. The van der Waals surface area contributed by atoms with Crippen molar-refractivity contribution in [3.8, 4) is 11.5 Å². The van der Waals surface area contributed by atoms with Crippen LogP contribution in [0.4, 0.5) is 0 Å². The number of ether oxygens (including phenoxy) is 3. The van der Waals surface area contributed by atoms with Crippen molar-refractivity contribution >= 4 is 5.78 Å². The second kappa shape index (κ2) is 7.26. The number of morpholine rings is 1. The highest BCUT2D eigenvalue weighted by Crippen LogP contribution is 2.29. The van der Waals surface area contributed by atoms with Gasteiger partial charge in [-0.2, -0.15) is 0 Å². The summed E-state index contributed by atoms with van der Waals surface area (Å²) in [5, 5.41) is 3.16. The average Bonchev–Trinajstić information content (AvgIpc) is 2.50. The van der Waals surface area contributed by atoms with Gasteiger partial charge in [0.15, 0.2) is 17.3 Å². The van der Waals surface area contributed by atoms with Crippen molar-refractivity contribution in [2.24, 2.45) is 0 Å². The minimum Gasteiger partial charge on any atom is -0.490 e. The Hall–Kier alpha value is -1.59. The first-order valence-electron chi connectivity index (χ1n) is 7.02. The zero-order chi connectivity index (χ0) is 14.4. The van der Waals surface area contributed by atoms with Gasteiger partial charge in [0.05, 0.1) is 19.8 Å². The predicted octanol–water partition coefficient (Wildman–Crippen LogP) is 1.66. The fourth-order valence-corrected chi connectivity index (χ4v) is 2.12. The maximum Gasteiger partial charge on any atom is 0.192 e. The van der Waals surface area contributed by atoms with E-state index in [1.54, 1.807) is 18.2 Å². The van der Waals surface area contributed by atoms with Gasteiger partial charge in [0.25, 0.3) is 0 Å². The van der Waals surface area contributed by atoms with E-state index in [1.165, 1.54) is 0 Å². The molecule has 0 aromatic heterocycles. The molecule has 1 unspecified atom stereocenters. The van der Waals surface area contributed by atoms with E-state index in [9.17, 15) is 4.79 Å². The SMILES string of the molecule is CCOc1ccc(C(=O)C2CNCCO2)cc1OCC. The van der Waals surface area contributed by atoms with Crippen molar-refractivity contribution in [1.29, 1.82) is 0 Å². The van der Waals surface area contributed by atoms with Crippen molar-refractivity contribution in [3.63, 3.8) is 0 Å². The van der Waals surface area contributed by atoms with Crippen LogP contribution in [-0.2, 0) is 4.74 Å². The summed E-state index contributed by atoms with van der Waals surface area (Å²) in [6.07, 6.45) is -0.420. The van der Waals surface area contributed by atoms with Crippen LogP contribution >= 0.6 is 0 Å². The standard InChI is InChI=1S/C15H21NO4/c1-3-18-12-6-5-11(9-13(12)19-4-2)15(17)14-10-16-7-8-20-14/h5-6,9,14,16H,3-4,7-8,10H2,1-2H3. The molecule has 2 rings (SSSR count). The quantitative estimate of drug-likeness (QED) is 0.803. The molecule has 5 nitrogen and oxygen atoms in total. The second-order valence-electron chi connectivity index (χ2n) is 4.46. The van der Waals surface area contributed by atoms with Crippen LogP contribution in [0.15, 0.2) is 18.2 Å². The highest BCUT2D eigenvalue weighted by atomic mass is 16.5. The highest BCUT2D eigenvalue weighted by Gasteiger charge is 2.24. The number of nitrogens with one attached hydrogen (secondary N) is 1. The summed E-state index contributed by atoms with van der Waals surface area (Å²) in [5.41, 5.74) is 0.589. The molecule has 1 heterocycles. The van der Waals surface area contributed by atoms with Gasteiger partial charge >= 0.3 is 0 Å². The van der Waals surface area contributed by atoms with E-state index in [0.29, 0.717) is 43.4 Å². The molecule has 0 saturated carbocycles. The van der Waals surface area contributed by atoms with Crippen LogP contribution in [0.1, 0.15) is 24.2 Å². The summed E-state index contributed by atoms with van der Waals surface area (Å²) in [4.78, 5) is 12.4. The third-order valence-corrected chi connectivity index (χ3v) is 3.05. The van der Waals surface area contributed by atoms with E-state index >= 15 is 0 Å². The molecular formula is C15H21NO4. The maximum absolute atomic E-state index is 12.4. The van der Waals surface area contributed by atoms with Gasteiger partial charge in [-0.3, -0.25) is 4.79 Å². The Kier molecular flexibility index (Phi) is 5.38. The second-order valence-corrected chi connectivity index (χ2v) is 4.46. The first kappa shape index (κ1) is 14.8. The molecule has 1 saturated heterocycles. The summed E-state index contributed by atoms with van der Waals surface area (Å²) in [6, 6.07) is 5.26. The molecule has 1 N–H and O–H groups in total. The van der Waals surface area contributed by atoms with E-state index in [0.717, 1.165) is 6.54 Å². The Balaban J connectivity index is 2.18. The topological polar surface area (TPSA) is 56.8 Å². The van der Waals surface area contributed by atoms with Gasteiger partial charge in [-0.15, -0.1) is 0 Å². The van der Waals surface area contributed by atoms with Crippen molar-refractivity contribution in [1.82, 2.24) is 5.32 Å². The van der Waals surface area contributed by atoms with Crippen molar-refractivity contribution < 1.29 is 19.0 Å². The number of carbonyl (C=O) groups excluding carboxylic acids is 1. The Labute approximate surface area is 119 Å². The van der Waals surface area contributed by atoms with Gasteiger partial charge in [0, 0.05) is 18.7 Å². The van der Waals surface area contributed by atoms with E-state index in [4.69, 9.17) is 14.2 Å². The minimum atomic E-state index is -0.420. The first-order chi connectivity index (χ1) is 9.76. The van der Waals surface area contributed by atoms with E-state index in [2.05, 4.69) is 5.32 Å². The lowest BCUT2D eigenvalue weighted by molar-refractivity contribution is 0.0269. The molecule has 1 aliphatic heterocycles. The first-order valence-corrected chi connectivity index (χ1v) is 7.02. The lowest BCUT2D eigenvalue weighted by atomic mass is 10.0. The molecule has 1 atom stereocenters. The fourth-order valence-electron chi connectivity index (χ4n) is 2.12. The highest BCUT2D eigenvalue weighted by molar-refractivity contribution is 6.00. The lowest BCUT2D eigenvalue weighted by Gasteiger charge is -2.22. The minimum absolute atomic E-state index is 0.0267. The van der Waals surface area contributed by atoms with Gasteiger partial charge in [-0.25, -0.2) is 0 Å². The Morgan fingerprint density at radius 1 is 1.30 bits per heavy atom. The van der Waals surface area contributed by atoms with E-state index in [1.807, 2.05) is 13.8 Å². The summed E-state index contributed by atoms with van der Waals surface area (Å²) in [6.45, 7) is 6.80. The monoisotopic (exact) mass is 279 g/mol. The zero-order valence-corrected chi connectivity index (χ0v) is 12.0. The number of Topliss-reactive ketones (excluding diaryl/α,β-unsaturated/α-hetero) is 1. The normalized spacial score (nSPS) is 18.6. The molecule has 0 aliphatic carbocycles. The Morgan fingerprint density at radius 3 is 2.70 bits per heavy atom. The van der Waals surface area contributed by atoms with Gasteiger partial charge in [-0.05, 0) is 32.0 Å². The van der Waals surface area contributed by atoms with E-state index in [-0.39, 0.29) is 5.78 Å². The molecule has 1 aromatic rings. The van der Waals surface area contributed by atoms with Crippen LogP contribution in [-0.4, -0.2) is 44.8 Å². The van der Waals surface area contributed by atoms with Crippen LogP contribution < -0.4 is 14.8 Å². The lowest BCUT2D eigenvalue weighted by Crippen LogP contribution is -2.43. The van der Waals surface area contributed by atoms with Gasteiger partial charge < -0.3 is 19.5 Å². The van der Waals surface area contributed by atoms with Crippen molar-refractivity contribution in [2.45, 2.75) is 20.0 Å². The fraction of sp³-hybridized carbons (Fsp3) is 0.533. The van der Waals surface area contributed by atoms with Crippen molar-refractivity contribution in [2.75, 3.05) is 32.9 Å². The smallest absolute Gasteiger partial charge is 0.192 e. The number of ketones is 1. The van der Waals surface area contributed by atoms with Crippen LogP contribution in [0.5, 0.6) is 11.5 Å². The van der Waals surface area contributed by atoms with Crippen molar-refractivity contribution in [3.05, 3.63) is 23.8 Å². The van der Waals surface area contributed by atoms with Crippen LogP contribution in [0.3, 0.4) is 0 Å². The summed E-state index contributed by atoms with van der Waals surface area (Å²) in [5.74, 6) is 1.23. The summed E-state index contributed by atoms with van der Waals surface area (Å²) < 4.78 is 16.5. The molecular weight excluding hydrogens is 258 g/mol. The average molecular weight is 279 g/mol. The maximum atomic E-state index is 12.4. The third-order valence-electron chi connectivity index (χ3n) is 3.05. The van der Waals surface area contributed by atoms with Crippen LogP contribution in [0, 0.1) is 0 Å². The Bertz CT molecular complexity index is 455. The molecule has 110 valence electrons. The molecule has 20 heavy (non-hydrogen) atoms. The van der Waals surface area contributed by atoms with E-state index < -0.39 is 6.10 Å². The van der Waals surface area contributed by atoms with Gasteiger partial charge in [0.2, 0.25) is 0 Å².